The summed E-state index contributed by atoms with van der Waals surface area (Å²) in [6.07, 6.45) is 0.305. The van der Waals surface area contributed by atoms with Gasteiger partial charge in [0.1, 0.15) is 0 Å². The molecule has 0 aromatic heterocycles. The highest BCUT2D eigenvalue weighted by molar-refractivity contribution is 6.31. The zero-order valence-corrected chi connectivity index (χ0v) is 12.6. The molecule has 0 saturated carbocycles. The van der Waals surface area contributed by atoms with Crippen LogP contribution in [0, 0.1) is 0 Å². The Morgan fingerprint density at radius 2 is 1.90 bits per heavy atom. The van der Waals surface area contributed by atoms with Gasteiger partial charge in [-0.3, -0.25) is 4.90 Å². The summed E-state index contributed by atoms with van der Waals surface area (Å²) in [4.78, 5) is 2.49. The standard InChI is InChI=1S/C18H18ClNO/c19-17-8-4-7-14-15-10-20(9-13-5-2-1-3-6-13)11-18(15)21-12-16(14)17/h1-8,15,18H,9-12H2/t15-,18-/m1/s1. The molecule has 0 spiro atoms. The quantitative estimate of drug-likeness (QED) is 0.835. The number of rotatable bonds is 2. The molecule has 21 heavy (non-hydrogen) atoms. The van der Waals surface area contributed by atoms with Crippen LogP contribution in [0.25, 0.3) is 0 Å². The van der Waals surface area contributed by atoms with Gasteiger partial charge < -0.3 is 4.74 Å². The van der Waals surface area contributed by atoms with E-state index in [1.165, 1.54) is 16.7 Å². The van der Waals surface area contributed by atoms with E-state index in [-0.39, 0.29) is 0 Å². The molecule has 2 aliphatic heterocycles. The second-order valence-electron chi connectivity index (χ2n) is 5.94. The van der Waals surface area contributed by atoms with Crippen LogP contribution < -0.4 is 0 Å². The molecule has 1 fully saturated rings. The summed E-state index contributed by atoms with van der Waals surface area (Å²) in [5.41, 5.74) is 3.93. The van der Waals surface area contributed by atoms with E-state index in [0.717, 1.165) is 24.7 Å². The summed E-state index contributed by atoms with van der Waals surface area (Å²) in [5, 5.41) is 0.840. The van der Waals surface area contributed by atoms with Crippen LogP contribution in [0.15, 0.2) is 48.5 Å². The third-order valence-electron chi connectivity index (χ3n) is 4.59. The molecule has 4 rings (SSSR count). The average Bonchev–Trinajstić information content (AvgIpc) is 2.91. The largest absolute Gasteiger partial charge is 0.371 e. The van der Waals surface area contributed by atoms with Gasteiger partial charge in [-0.2, -0.15) is 0 Å². The second kappa shape index (κ2) is 5.45. The predicted octanol–water partition coefficient (Wildman–Crippen LogP) is 3.84. The Labute approximate surface area is 130 Å². The van der Waals surface area contributed by atoms with Gasteiger partial charge >= 0.3 is 0 Å². The van der Waals surface area contributed by atoms with Gasteiger partial charge in [-0.05, 0) is 22.8 Å². The molecule has 2 nitrogen and oxygen atoms in total. The summed E-state index contributed by atoms with van der Waals surface area (Å²) in [7, 11) is 0. The van der Waals surface area contributed by atoms with Gasteiger partial charge in [0, 0.05) is 30.6 Å². The van der Waals surface area contributed by atoms with Crippen LogP contribution in [0.3, 0.4) is 0 Å². The Morgan fingerprint density at radius 1 is 1.05 bits per heavy atom. The van der Waals surface area contributed by atoms with Gasteiger partial charge in [-0.25, -0.2) is 0 Å². The monoisotopic (exact) mass is 299 g/mol. The van der Waals surface area contributed by atoms with Crippen LogP contribution in [-0.4, -0.2) is 24.1 Å². The van der Waals surface area contributed by atoms with Gasteiger partial charge in [-0.1, -0.05) is 54.1 Å². The number of halogens is 1. The minimum absolute atomic E-state index is 0.305. The Kier molecular flexibility index (Phi) is 3.46. The molecule has 2 aliphatic rings. The van der Waals surface area contributed by atoms with E-state index in [1.54, 1.807) is 0 Å². The van der Waals surface area contributed by atoms with Gasteiger partial charge in [0.2, 0.25) is 0 Å². The SMILES string of the molecule is Clc1cccc2c1CO[C@@H]1CN(Cc3ccccc3)C[C@H]21. The number of hydrogen-bond acceptors (Lipinski definition) is 2. The first-order chi connectivity index (χ1) is 10.3. The normalized spacial score (nSPS) is 24.6. The van der Waals surface area contributed by atoms with E-state index in [9.17, 15) is 0 Å². The highest BCUT2D eigenvalue weighted by atomic mass is 35.5. The van der Waals surface area contributed by atoms with Crippen molar-refractivity contribution >= 4 is 11.6 Å². The lowest BCUT2D eigenvalue weighted by Crippen LogP contribution is -2.27. The molecule has 0 aliphatic carbocycles. The third kappa shape index (κ3) is 2.48. The fourth-order valence-corrected chi connectivity index (χ4v) is 3.79. The molecular formula is C18H18ClNO. The maximum atomic E-state index is 6.31. The zero-order valence-electron chi connectivity index (χ0n) is 11.8. The molecule has 2 aromatic rings. The van der Waals surface area contributed by atoms with Crippen molar-refractivity contribution in [3.8, 4) is 0 Å². The van der Waals surface area contributed by atoms with E-state index in [0.29, 0.717) is 18.6 Å². The average molecular weight is 300 g/mol. The van der Waals surface area contributed by atoms with Crippen LogP contribution in [-0.2, 0) is 17.9 Å². The highest BCUT2D eigenvalue weighted by Gasteiger charge is 2.38. The van der Waals surface area contributed by atoms with E-state index in [1.807, 2.05) is 6.07 Å². The summed E-state index contributed by atoms with van der Waals surface area (Å²) in [6, 6.07) is 16.9. The molecule has 0 N–H and O–H groups in total. The lowest BCUT2D eigenvalue weighted by molar-refractivity contribution is 0.0250. The first-order valence-corrected chi connectivity index (χ1v) is 7.84. The lowest BCUT2D eigenvalue weighted by atomic mass is 9.90. The van der Waals surface area contributed by atoms with Gasteiger partial charge in [0.25, 0.3) is 0 Å². The van der Waals surface area contributed by atoms with Crippen molar-refractivity contribution in [3.05, 3.63) is 70.2 Å². The van der Waals surface area contributed by atoms with E-state index in [2.05, 4.69) is 47.4 Å². The van der Waals surface area contributed by atoms with E-state index in [4.69, 9.17) is 16.3 Å². The molecule has 3 heteroatoms. The topological polar surface area (TPSA) is 12.5 Å². The highest BCUT2D eigenvalue weighted by Crippen LogP contribution is 2.39. The number of fused-ring (bicyclic) bond motifs is 3. The summed E-state index contributed by atoms with van der Waals surface area (Å²) in [5.74, 6) is 0.455. The molecular weight excluding hydrogens is 282 g/mol. The van der Waals surface area contributed by atoms with Crippen LogP contribution in [0.5, 0.6) is 0 Å². The van der Waals surface area contributed by atoms with E-state index < -0.39 is 0 Å². The number of likely N-dealkylation sites (tertiary alicyclic amines) is 1. The molecule has 2 aromatic carbocycles. The fraction of sp³-hybridized carbons (Fsp3) is 0.333. The molecule has 0 amide bonds. The van der Waals surface area contributed by atoms with Crippen molar-refractivity contribution in [3.63, 3.8) is 0 Å². The van der Waals surface area contributed by atoms with Crippen molar-refractivity contribution < 1.29 is 4.74 Å². The zero-order chi connectivity index (χ0) is 14.2. The summed E-state index contributed by atoms with van der Waals surface area (Å²) >= 11 is 6.31. The smallest absolute Gasteiger partial charge is 0.0787 e. The Morgan fingerprint density at radius 3 is 2.76 bits per heavy atom. The minimum atomic E-state index is 0.305. The minimum Gasteiger partial charge on any atom is -0.371 e. The van der Waals surface area contributed by atoms with Crippen molar-refractivity contribution in [2.75, 3.05) is 13.1 Å². The molecule has 1 saturated heterocycles. The summed E-state index contributed by atoms with van der Waals surface area (Å²) in [6.45, 7) is 3.70. The lowest BCUT2D eigenvalue weighted by Gasteiger charge is -2.28. The van der Waals surface area contributed by atoms with Crippen LogP contribution in [0.4, 0.5) is 0 Å². The molecule has 2 heterocycles. The Balaban J connectivity index is 1.55. The Bertz CT molecular complexity index is 643. The third-order valence-corrected chi connectivity index (χ3v) is 4.94. The van der Waals surface area contributed by atoms with Gasteiger partial charge in [0.05, 0.1) is 12.7 Å². The van der Waals surface area contributed by atoms with Crippen LogP contribution in [0.2, 0.25) is 5.02 Å². The van der Waals surface area contributed by atoms with Gasteiger partial charge in [0.15, 0.2) is 0 Å². The summed E-state index contributed by atoms with van der Waals surface area (Å²) < 4.78 is 6.05. The molecule has 108 valence electrons. The maximum Gasteiger partial charge on any atom is 0.0787 e. The number of hydrogen-bond donors (Lipinski definition) is 0. The van der Waals surface area contributed by atoms with Crippen LogP contribution >= 0.6 is 11.6 Å². The van der Waals surface area contributed by atoms with Gasteiger partial charge in [-0.15, -0.1) is 0 Å². The maximum absolute atomic E-state index is 6.31. The van der Waals surface area contributed by atoms with Crippen molar-refractivity contribution in [1.29, 1.82) is 0 Å². The fourth-order valence-electron chi connectivity index (χ4n) is 3.56. The number of benzene rings is 2. The van der Waals surface area contributed by atoms with E-state index >= 15 is 0 Å². The molecule has 0 radical (unpaired) electrons. The first kappa shape index (κ1) is 13.3. The van der Waals surface area contributed by atoms with Crippen molar-refractivity contribution in [2.24, 2.45) is 0 Å². The Hall–Kier alpha value is -1.35. The molecule has 0 unspecified atom stereocenters. The predicted molar refractivity (Wildman–Crippen MR) is 84.5 cm³/mol. The molecule has 2 atom stereocenters. The number of ether oxygens (including phenoxy) is 1. The van der Waals surface area contributed by atoms with Crippen LogP contribution in [0.1, 0.15) is 22.6 Å². The van der Waals surface area contributed by atoms with Crippen molar-refractivity contribution in [2.45, 2.75) is 25.2 Å². The first-order valence-electron chi connectivity index (χ1n) is 7.46. The van der Waals surface area contributed by atoms with Crippen molar-refractivity contribution in [1.82, 2.24) is 4.90 Å². The number of nitrogens with zero attached hydrogens (tertiary/aromatic N) is 1. The molecule has 0 bridgehead atoms. The second-order valence-corrected chi connectivity index (χ2v) is 6.35.